The zero-order chi connectivity index (χ0) is 14.7. The first-order valence-electron chi connectivity index (χ1n) is 6.07. The third kappa shape index (κ3) is 2.63. The molecule has 108 valence electrons. The van der Waals surface area contributed by atoms with Crippen LogP contribution in [0.3, 0.4) is 0 Å². The predicted molar refractivity (Wildman–Crippen MR) is 64.9 cm³/mol. The van der Waals surface area contributed by atoms with Crippen molar-refractivity contribution in [1.82, 2.24) is 30.4 Å². The van der Waals surface area contributed by atoms with Gasteiger partial charge in [-0.15, -0.1) is 15.3 Å². The van der Waals surface area contributed by atoms with Gasteiger partial charge in [0.2, 0.25) is 5.89 Å². The second-order valence-electron chi connectivity index (χ2n) is 3.86. The molecule has 3 aromatic heterocycles. The third-order valence-corrected chi connectivity index (χ3v) is 2.47. The van der Waals surface area contributed by atoms with Crippen LogP contribution in [0.1, 0.15) is 23.4 Å². The van der Waals surface area contributed by atoms with E-state index in [0.29, 0.717) is 5.76 Å². The number of rotatable bonds is 5. The third-order valence-electron chi connectivity index (χ3n) is 2.47. The number of furan rings is 1. The Morgan fingerprint density at radius 1 is 1.38 bits per heavy atom. The minimum Gasteiger partial charge on any atom is -0.460 e. The molecule has 3 aromatic rings. The molecule has 10 nitrogen and oxygen atoms in total. The molecule has 0 aliphatic rings. The average molecular weight is 290 g/mol. The first-order chi connectivity index (χ1) is 10.3. The van der Waals surface area contributed by atoms with Crippen molar-refractivity contribution in [2.45, 2.75) is 13.5 Å². The quantitative estimate of drug-likeness (QED) is 0.619. The molecule has 0 fully saturated rings. The minimum atomic E-state index is -0.617. The molecular weight excluding hydrogens is 280 g/mol. The van der Waals surface area contributed by atoms with Crippen molar-refractivity contribution < 1.29 is 18.4 Å². The number of carbonyl (C=O) groups excluding carboxylic acids is 1. The molecule has 10 heteroatoms. The number of aromatic nitrogens is 6. The van der Waals surface area contributed by atoms with E-state index in [9.17, 15) is 4.79 Å². The Hall–Kier alpha value is -3.04. The number of tetrazole rings is 1. The standard InChI is InChI=1S/C11H10N6O4/c1-2-19-11(18)9-13-15-16-17(9)6-8-12-14-10(21-8)7-4-3-5-20-7/h3-5H,2,6H2,1H3. The Morgan fingerprint density at radius 2 is 2.29 bits per heavy atom. The van der Waals surface area contributed by atoms with Gasteiger partial charge in [0.15, 0.2) is 5.76 Å². The van der Waals surface area contributed by atoms with Gasteiger partial charge >= 0.3 is 5.97 Å². The van der Waals surface area contributed by atoms with E-state index in [0.717, 1.165) is 0 Å². The molecule has 0 unspecified atom stereocenters. The number of esters is 1. The summed E-state index contributed by atoms with van der Waals surface area (Å²) in [6.45, 7) is 1.98. The van der Waals surface area contributed by atoms with Gasteiger partial charge in [-0.05, 0) is 29.5 Å². The van der Waals surface area contributed by atoms with Crippen LogP contribution in [0, 0.1) is 0 Å². The summed E-state index contributed by atoms with van der Waals surface area (Å²) in [5.41, 5.74) is 0. The summed E-state index contributed by atoms with van der Waals surface area (Å²) in [7, 11) is 0. The van der Waals surface area contributed by atoms with Crippen LogP contribution in [0.2, 0.25) is 0 Å². The molecule has 0 aliphatic heterocycles. The Bertz CT molecular complexity index is 732. The molecule has 0 saturated carbocycles. The Labute approximate surface area is 117 Å². The van der Waals surface area contributed by atoms with E-state index in [-0.39, 0.29) is 30.8 Å². The maximum Gasteiger partial charge on any atom is 0.378 e. The maximum absolute atomic E-state index is 11.6. The molecule has 21 heavy (non-hydrogen) atoms. The fourth-order valence-corrected chi connectivity index (χ4v) is 1.60. The zero-order valence-electron chi connectivity index (χ0n) is 11.0. The molecule has 0 aliphatic carbocycles. The highest BCUT2D eigenvalue weighted by atomic mass is 16.5. The van der Waals surface area contributed by atoms with E-state index < -0.39 is 5.97 Å². The first-order valence-corrected chi connectivity index (χ1v) is 6.07. The van der Waals surface area contributed by atoms with E-state index in [1.807, 2.05) is 0 Å². The number of ether oxygens (including phenoxy) is 1. The molecule has 0 atom stereocenters. The Kier molecular flexibility index (Phi) is 3.41. The number of nitrogens with zero attached hydrogens (tertiary/aromatic N) is 6. The highest BCUT2D eigenvalue weighted by Gasteiger charge is 2.19. The van der Waals surface area contributed by atoms with Crippen LogP contribution in [0.5, 0.6) is 0 Å². The van der Waals surface area contributed by atoms with Crippen LogP contribution in [0.15, 0.2) is 27.2 Å². The molecular formula is C11H10N6O4. The van der Waals surface area contributed by atoms with Gasteiger partial charge in [0, 0.05) is 0 Å². The van der Waals surface area contributed by atoms with Crippen molar-refractivity contribution in [3.05, 3.63) is 30.1 Å². The van der Waals surface area contributed by atoms with Gasteiger partial charge in [-0.2, -0.15) is 0 Å². The van der Waals surface area contributed by atoms with Crippen LogP contribution < -0.4 is 0 Å². The van der Waals surface area contributed by atoms with Gasteiger partial charge < -0.3 is 13.6 Å². The van der Waals surface area contributed by atoms with Crippen molar-refractivity contribution in [2.75, 3.05) is 6.61 Å². The van der Waals surface area contributed by atoms with Crippen LogP contribution in [0.4, 0.5) is 0 Å². The number of hydrogen-bond donors (Lipinski definition) is 0. The lowest BCUT2D eigenvalue weighted by atomic mass is 10.4. The Balaban J connectivity index is 1.79. The predicted octanol–water partition coefficient (Wildman–Crippen LogP) is 0.541. The van der Waals surface area contributed by atoms with Gasteiger partial charge in [0.25, 0.3) is 11.7 Å². The molecule has 0 aromatic carbocycles. The fraction of sp³-hybridized carbons (Fsp3) is 0.273. The minimum absolute atomic E-state index is 0.0328. The smallest absolute Gasteiger partial charge is 0.378 e. The van der Waals surface area contributed by atoms with Crippen LogP contribution in [0.25, 0.3) is 11.7 Å². The van der Waals surface area contributed by atoms with E-state index in [1.54, 1.807) is 19.1 Å². The Morgan fingerprint density at radius 3 is 3.05 bits per heavy atom. The normalized spacial score (nSPS) is 10.7. The van der Waals surface area contributed by atoms with E-state index in [1.165, 1.54) is 10.9 Å². The summed E-state index contributed by atoms with van der Waals surface area (Å²) in [6.07, 6.45) is 1.50. The molecule has 0 bridgehead atoms. The second kappa shape index (κ2) is 5.53. The summed E-state index contributed by atoms with van der Waals surface area (Å²) >= 11 is 0. The molecule has 3 rings (SSSR count). The molecule has 3 heterocycles. The van der Waals surface area contributed by atoms with Crippen molar-refractivity contribution >= 4 is 5.97 Å². The first kappa shape index (κ1) is 13.0. The molecule has 0 radical (unpaired) electrons. The lowest BCUT2D eigenvalue weighted by Gasteiger charge is -2.00. The number of hydrogen-bond acceptors (Lipinski definition) is 9. The van der Waals surface area contributed by atoms with Crippen LogP contribution in [-0.4, -0.2) is 43.0 Å². The summed E-state index contributed by atoms with van der Waals surface area (Å²) in [4.78, 5) is 11.6. The van der Waals surface area contributed by atoms with E-state index in [2.05, 4.69) is 25.7 Å². The van der Waals surface area contributed by atoms with E-state index >= 15 is 0 Å². The fourth-order valence-electron chi connectivity index (χ4n) is 1.60. The van der Waals surface area contributed by atoms with Crippen LogP contribution in [-0.2, 0) is 11.3 Å². The summed E-state index contributed by atoms with van der Waals surface area (Å²) in [6, 6.07) is 3.40. The topological polar surface area (TPSA) is 122 Å². The van der Waals surface area contributed by atoms with Gasteiger partial charge in [0.1, 0.15) is 6.54 Å². The van der Waals surface area contributed by atoms with Gasteiger partial charge in [-0.25, -0.2) is 9.48 Å². The van der Waals surface area contributed by atoms with Crippen LogP contribution >= 0.6 is 0 Å². The molecule has 0 amide bonds. The van der Waals surface area contributed by atoms with Gasteiger partial charge in [-0.3, -0.25) is 0 Å². The van der Waals surface area contributed by atoms with Crippen molar-refractivity contribution in [1.29, 1.82) is 0 Å². The zero-order valence-corrected chi connectivity index (χ0v) is 11.0. The van der Waals surface area contributed by atoms with E-state index in [4.69, 9.17) is 13.6 Å². The SMILES string of the molecule is CCOC(=O)c1nnnn1Cc1nnc(-c2ccco2)o1. The highest BCUT2D eigenvalue weighted by Crippen LogP contribution is 2.18. The van der Waals surface area contributed by atoms with Gasteiger partial charge in [0.05, 0.1) is 12.9 Å². The average Bonchev–Trinajstić information content (AvgIpc) is 3.20. The highest BCUT2D eigenvalue weighted by molar-refractivity contribution is 5.85. The summed E-state index contributed by atoms with van der Waals surface area (Å²) in [5, 5.41) is 18.4. The lowest BCUT2D eigenvalue weighted by Crippen LogP contribution is -2.15. The van der Waals surface area contributed by atoms with Crippen molar-refractivity contribution in [2.24, 2.45) is 0 Å². The summed E-state index contributed by atoms with van der Waals surface area (Å²) < 4.78 is 16.6. The van der Waals surface area contributed by atoms with Crippen molar-refractivity contribution in [3.8, 4) is 11.7 Å². The second-order valence-corrected chi connectivity index (χ2v) is 3.86. The largest absolute Gasteiger partial charge is 0.460 e. The molecule has 0 N–H and O–H groups in total. The molecule has 0 saturated heterocycles. The summed E-state index contributed by atoms with van der Waals surface area (Å²) in [5.74, 6) is 0.277. The maximum atomic E-state index is 11.6. The monoisotopic (exact) mass is 290 g/mol. The number of carbonyl (C=O) groups is 1. The van der Waals surface area contributed by atoms with Crippen molar-refractivity contribution in [3.63, 3.8) is 0 Å². The van der Waals surface area contributed by atoms with Gasteiger partial charge in [-0.1, -0.05) is 0 Å². The molecule has 0 spiro atoms. The lowest BCUT2D eigenvalue weighted by molar-refractivity contribution is 0.0504.